The fraction of sp³-hybridized carbons (Fsp3) is 0.769. The highest BCUT2D eigenvalue weighted by molar-refractivity contribution is 6.37. The molecule has 0 aromatic carbocycles. The second-order valence-corrected chi connectivity index (χ2v) is 9.55. The number of unbranched alkanes of at least 4 members (excludes halogenated alkanes) is 3. The zero-order valence-electron chi connectivity index (χ0n) is 20.8. The topological polar surface area (TPSA) is 110 Å². The van der Waals surface area contributed by atoms with Crippen molar-refractivity contribution >= 4 is 17.5 Å². The SMILES string of the molecule is CCCCCCC(=O)C(=O)C(CC(C)CCC(N)=O)CC(CC(C)C=CC(C)C)OC#N. The molecular weight excluding hydrogens is 404 g/mol. The van der Waals surface area contributed by atoms with Crippen LogP contribution in [0.5, 0.6) is 0 Å². The van der Waals surface area contributed by atoms with E-state index in [0.29, 0.717) is 31.6 Å². The molecule has 0 fully saturated rings. The molecule has 0 aliphatic heterocycles. The molecule has 32 heavy (non-hydrogen) atoms. The van der Waals surface area contributed by atoms with Gasteiger partial charge in [-0.2, -0.15) is 5.26 Å². The maximum Gasteiger partial charge on any atom is 0.286 e. The van der Waals surface area contributed by atoms with E-state index < -0.39 is 12.0 Å². The maximum absolute atomic E-state index is 13.0. The molecule has 0 spiro atoms. The van der Waals surface area contributed by atoms with Gasteiger partial charge in [0.25, 0.3) is 6.26 Å². The van der Waals surface area contributed by atoms with Crippen LogP contribution >= 0.6 is 0 Å². The van der Waals surface area contributed by atoms with Crippen LogP contribution in [0.25, 0.3) is 0 Å². The van der Waals surface area contributed by atoms with Crippen molar-refractivity contribution in [2.24, 2.45) is 29.4 Å². The normalized spacial score (nSPS) is 15.2. The molecule has 0 heterocycles. The van der Waals surface area contributed by atoms with Gasteiger partial charge in [-0.3, -0.25) is 14.4 Å². The average molecular weight is 449 g/mol. The summed E-state index contributed by atoms with van der Waals surface area (Å²) in [4.78, 5) is 36.8. The molecule has 0 bridgehead atoms. The highest BCUT2D eigenvalue weighted by Gasteiger charge is 2.30. The number of carbonyl (C=O) groups excluding carboxylic acids is 3. The van der Waals surface area contributed by atoms with Gasteiger partial charge in [0.05, 0.1) is 0 Å². The molecular formula is C26H44N2O4. The summed E-state index contributed by atoms with van der Waals surface area (Å²) in [6.45, 7) is 10.3. The Bertz CT molecular complexity index is 636. The number of allylic oxidation sites excluding steroid dienone is 2. The summed E-state index contributed by atoms with van der Waals surface area (Å²) in [5.74, 6) is -0.923. The van der Waals surface area contributed by atoms with Crippen LogP contribution in [-0.4, -0.2) is 23.6 Å². The predicted molar refractivity (Wildman–Crippen MR) is 127 cm³/mol. The van der Waals surface area contributed by atoms with Crippen molar-refractivity contribution in [1.82, 2.24) is 0 Å². The Kier molecular flexibility index (Phi) is 16.2. The summed E-state index contributed by atoms with van der Waals surface area (Å²) in [5, 5.41) is 9.13. The lowest BCUT2D eigenvalue weighted by Crippen LogP contribution is -2.30. The first-order chi connectivity index (χ1) is 15.1. The Morgan fingerprint density at radius 2 is 1.66 bits per heavy atom. The van der Waals surface area contributed by atoms with E-state index in [1.165, 1.54) is 0 Å². The molecule has 2 N–H and O–H groups in total. The first-order valence-corrected chi connectivity index (χ1v) is 12.2. The monoisotopic (exact) mass is 448 g/mol. The van der Waals surface area contributed by atoms with Crippen molar-refractivity contribution in [2.45, 2.75) is 105 Å². The molecule has 0 aromatic heterocycles. The molecule has 0 saturated carbocycles. The van der Waals surface area contributed by atoms with E-state index >= 15 is 0 Å². The summed E-state index contributed by atoms with van der Waals surface area (Å²) in [6, 6.07) is 0. The van der Waals surface area contributed by atoms with Crippen LogP contribution < -0.4 is 5.73 Å². The molecule has 1 amide bonds. The van der Waals surface area contributed by atoms with Crippen molar-refractivity contribution in [2.75, 3.05) is 0 Å². The molecule has 182 valence electrons. The molecule has 0 aliphatic carbocycles. The number of amides is 1. The van der Waals surface area contributed by atoms with Gasteiger partial charge in [0, 0.05) is 18.8 Å². The summed E-state index contributed by atoms with van der Waals surface area (Å²) in [5.41, 5.74) is 5.26. The Hall–Kier alpha value is -2.16. The number of nitrogens with two attached hydrogens (primary N) is 1. The molecule has 6 heteroatoms. The molecule has 4 unspecified atom stereocenters. The summed E-state index contributed by atoms with van der Waals surface area (Å²) < 4.78 is 5.31. The van der Waals surface area contributed by atoms with Crippen LogP contribution in [0.3, 0.4) is 0 Å². The highest BCUT2D eigenvalue weighted by Crippen LogP contribution is 2.27. The second kappa shape index (κ2) is 17.4. The zero-order chi connectivity index (χ0) is 24.5. The number of rotatable bonds is 19. The van der Waals surface area contributed by atoms with Gasteiger partial charge < -0.3 is 10.5 Å². The maximum atomic E-state index is 13.0. The molecule has 0 rings (SSSR count). The second-order valence-electron chi connectivity index (χ2n) is 9.55. The smallest absolute Gasteiger partial charge is 0.286 e. The van der Waals surface area contributed by atoms with Crippen molar-refractivity contribution < 1.29 is 19.1 Å². The average Bonchev–Trinajstić information content (AvgIpc) is 2.72. The van der Waals surface area contributed by atoms with Crippen molar-refractivity contribution in [1.29, 1.82) is 5.26 Å². The lowest BCUT2D eigenvalue weighted by Gasteiger charge is -2.24. The van der Waals surface area contributed by atoms with E-state index in [4.69, 9.17) is 15.7 Å². The van der Waals surface area contributed by atoms with Gasteiger partial charge in [0.15, 0.2) is 5.78 Å². The number of primary amides is 1. The van der Waals surface area contributed by atoms with Crippen LogP contribution in [0.2, 0.25) is 0 Å². The minimum atomic E-state index is -0.517. The van der Waals surface area contributed by atoms with Crippen LogP contribution in [0.15, 0.2) is 12.2 Å². The van der Waals surface area contributed by atoms with Crippen LogP contribution in [-0.2, 0) is 19.1 Å². The number of ether oxygens (including phenoxy) is 1. The van der Waals surface area contributed by atoms with Gasteiger partial charge in [-0.05, 0) is 49.9 Å². The number of nitriles is 1. The number of hydrogen-bond donors (Lipinski definition) is 1. The first-order valence-electron chi connectivity index (χ1n) is 12.2. The molecule has 0 aromatic rings. The number of ketones is 2. The van der Waals surface area contributed by atoms with E-state index in [9.17, 15) is 14.4 Å². The minimum Gasteiger partial charge on any atom is -0.424 e. The molecule has 0 saturated heterocycles. The van der Waals surface area contributed by atoms with Gasteiger partial charge in [0.1, 0.15) is 6.10 Å². The van der Waals surface area contributed by atoms with Gasteiger partial charge in [-0.1, -0.05) is 66.0 Å². The van der Waals surface area contributed by atoms with Gasteiger partial charge in [-0.25, -0.2) is 0 Å². The summed E-state index contributed by atoms with van der Waals surface area (Å²) in [6.07, 6.45) is 11.8. The van der Waals surface area contributed by atoms with Gasteiger partial charge in [-0.15, -0.1) is 0 Å². The Morgan fingerprint density at radius 3 is 2.22 bits per heavy atom. The number of Topliss-reactive ketones (excluding diaryl/α,β-unsaturated/α-hetero) is 2. The summed E-state index contributed by atoms with van der Waals surface area (Å²) >= 11 is 0. The fourth-order valence-corrected chi connectivity index (χ4v) is 3.86. The minimum absolute atomic E-state index is 0.0605. The van der Waals surface area contributed by atoms with E-state index in [1.54, 1.807) is 6.26 Å². The third-order valence-corrected chi connectivity index (χ3v) is 5.70. The molecule has 4 atom stereocenters. The number of nitrogens with zero attached hydrogens (tertiary/aromatic N) is 1. The third kappa shape index (κ3) is 14.8. The highest BCUT2D eigenvalue weighted by atomic mass is 16.5. The lowest BCUT2D eigenvalue weighted by molar-refractivity contribution is -0.140. The van der Waals surface area contributed by atoms with Gasteiger partial charge >= 0.3 is 0 Å². The number of hydrogen-bond acceptors (Lipinski definition) is 5. The third-order valence-electron chi connectivity index (χ3n) is 5.70. The molecule has 6 nitrogen and oxygen atoms in total. The van der Waals surface area contributed by atoms with Crippen LogP contribution in [0.1, 0.15) is 98.8 Å². The van der Waals surface area contributed by atoms with Crippen LogP contribution in [0.4, 0.5) is 0 Å². The van der Waals surface area contributed by atoms with E-state index in [1.807, 2.05) is 6.92 Å². The van der Waals surface area contributed by atoms with E-state index in [2.05, 4.69) is 39.8 Å². The van der Waals surface area contributed by atoms with Crippen molar-refractivity contribution in [3.63, 3.8) is 0 Å². The standard InChI is InChI=1S/C26H44N2O4/c1-6-7-8-9-10-24(29)26(31)22(15-20(4)13-14-25(28)30)17-23(32-18-27)16-21(5)12-11-19(2)3/h11-12,19-23H,6-10,13-17H2,1-5H3,(H2,28,30). The lowest BCUT2D eigenvalue weighted by atomic mass is 9.82. The Balaban J connectivity index is 5.29. The predicted octanol–water partition coefficient (Wildman–Crippen LogP) is 5.50. The molecule has 0 aliphatic rings. The Labute approximate surface area is 195 Å². The van der Waals surface area contributed by atoms with E-state index in [-0.39, 0.29) is 42.2 Å². The zero-order valence-corrected chi connectivity index (χ0v) is 20.8. The quantitative estimate of drug-likeness (QED) is 0.121. The Morgan fingerprint density at radius 1 is 0.969 bits per heavy atom. The van der Waals surface area contributed by atoms with Crippen molar-refractivity contribution in [3.05, 3.63) is 12.2 Å². The fourth-order valence-electron chi connectivity index (χ4n) is 3.86. The summed E-state index contributed by atoms with van der Waals surface area (Å²) in [7, 11) is 0. The largest absolute Gasteiger partial charge is 0.424 e. The van der Waals surface area contributed by atoms with Crippen molar-refractivity contribution in [3.8, 4) is 6.26 Å². The van der Waals surface area contributed by atoms with Gasteiger partial charge in [0.2, 0.25) is 11.7 Å². The van der Waals surface area contributed by atoms with E-state index in [0.717, 1.165) is 25.7 Å². The van der Waals surface area contributed by atoms with Crippen LogP contribution in [0, 0.1) is 35.2 Å². The first kappa shape index (κ1) is 29.8. The number of carbonyl (C=O) groups is 3. The molecule has 0 radical (unpaired) electrons.